The molecule has 0 aliphatic carbocycles. The number of rotatable bonds is 3. The summed E-state index contributed by atoms with van der Waals surface area (Å²) in [6.45, 7) is 7.31. The Kier molecular flexibility index (Phi) is 4.96. The predicted octanol–water partition coefficient (Wildman–Crippen LogP) is 3.69. The van der Waals surface area contributed by atoms with Crippen LogP contribution in [0.4, 0.5) is 0 Å². The van der Waals surface area contributed by atoms with E-state index in [1.54, 1.807) is 0 Å². The van der Waals surface area contributed by atoms with Crippen molar-refractivity contribution in [1.29, 1.82) is 0 Å². The van der Waals surface area contributed by atoms with Gasteiger partial charge in [0.25, 0.3) is 0 Å². The first-order valence-corrected chi connectivity index (χ1v) is 5.89. The highest BCUT2D eigenvalue weighted by molar-refractivity contribution is 5.32. The molecule has 0 fully saturated rings. The van der Waals surface area contributed by atoms with Gasteiger partial charge in [0.15, 0.2) is 0 Å². The molecule has 82 valence electrons. The van der Waals surface area contributed by atoms with Crippen LogP contribution in [-0.4, -0.2) is 6.54 Å². The summed E-state index contributed by atoms with van der Waals surface area (Å²) in [4.78, 5) is 0. The van der Waals surface area contributed by atoms with Crippen molar-refractivity contribution >= 4 is 0 Å². The molecular formula is C14H21N. The lowest BCUT2D eigenvalue weighted by Gasteiger charge is -2.25. The van der Waals surface area contributed by atoms with Crippen LogP contribution >= 0.6 is 0 Å². The number of hydrogen-bond donors (Lipinski definition) is 1. The Hall–Kier alpha value is -1.24. The Morgan fingerprint density at radius 1 is 1.20 bits per heavy atom. The fraction of sp³-hybridized carbons (Fsp3) is 0.429. The third-order valence-corrected chi connectivity index (χ3v) is 2.65. The van der Waals surface area contributed by atoms with Gasteiger partial charge in [-0.1, -0.05) is 51.1 Å². The lowest BCUT2D eigenvalue weighted by Crippen LogP contribution is -2.25. The van der Waals surface area contributed by atoms with Crippen LogP contribution in [0.15, 0.2) is 42.1 Å². The highest BCUT2D eigenvalue weighted by Crippen LogP contribution is 2.28. The van der Waals surface area contributed by atoms with Crippen molar-refractivity contribution in [1.82, 2.24) is 5.32 Å². The summed E-state index contributed by atoms with van der Waals surface area (Å²) in [5.74, 6) is 0.627. The third kappa shape index (κ3) is 2.85. The molecule has 1 atom stereocenters. The van der Waals surface area contributed by atoms with Crippen molar-refractivity contribution in [3.8, 4) is 0 Å². The van der Waals surface area contributed by atoms with Crippen LogP contribution in [0, 0.1) is 0 Å². The molecule has 1 aliphatic rings. The van der Waals surface area contributed by atoms with Gasteiger partial charge in [0.1, 0.15) is 0 Å². The molecule has 1 aromatic carbocycles. The number of benzene rings is 1. The summed E-state index contributed by atoms with van der Waals surface area (Å²) >= 11 is 0. The highest BCUT2D eigenvalue weighted by Gasteiger charge is 2.17. The van der Waals surface area contributed by atoms with Gasteiger partial charge in [0, 0.05) is 12.5 Å². The van der Waals surface area contributed by atoms with Crippen molar-refractivity contribution in [2.24, 2.45) is 0 Å². The molecule has 0 bridgehead atoms. The van der Waals surface area contributed by atoms with E-state index < -0.39 is 0 Å². The van der Waals surface area contributed by atoms with E-state index in [1.165, 1.54) is 17.6 Å². The standard InChI is InChI=1S/C12H15N.C2H6/c1-2-12(11-8-13-9-11)10-6-4-3-5-7-10;1-2/h3-8,12-13H,2,9H2,1H3;1-2H3. The molecule has 0 saturated heterocycles. The fourth-order valence-electron chi connectivity index (χ4n) is 1.84. The topological polar surface area (TPSA) is 12.0 Å². The summed E-state index contributed by atoms with van der Waals surface area (Å²) < 4.78 is 0. The molecule has 0 saturated carbocycles. The fourth-order valence-corrected chi connectivity index (χ4v) is 1.84. The molecule has 1 nitrogen and oxygen atoms in total. The number of nitrogens with one attached hydrogen (secondary N) is 1. The van der Waals surface area contributed by atoms with Crippen molar-refractivity contribution < 1.29 is 0 Å². The minimum atomic E-state index is 0.627. The van der Waals surface area contributed by atoms with Gasteiger partial charge < -0.3 is 5.32 Å². The van der Waals surface area contributed by atoms with Crippen LogP contribution in [-0.2, 0) is 0 Å². The van der Waals surface area contributed by atoms with Crippen LogP contribution in [0.2, 0.25) is 0 Å². The summed E-state index contributed by atoms with van der Waals surface area (Å²) in [5.41, 5.74) is 2.98. The van der Waals surface area contributed by atoms with E-state index in [0.717, 1.165) is 6.54 Å². The first-order valence-electron chi connectivity index (χ1n) is 5.89. The molecule has 15 heavy (non-hydrogen) atoms. The van der Waals surface area contributed by atoms with E-state index in [2.05, 4.69) is 48.8 Å². The van der Waals surface area contributed by atoms with Gasteiger partial charge in [-0.05, 0) is 23.8 Å². The zero-order valence-electron chi connectivity index (χ0n) is 9.96. The highest BCUT2D eigenvalue weighted by atomic mass is 14.9. The molecule has 2 rings (SSSR count). The molecular weight excluding hydrogens is 182 g/mol. The second kappa shape index (κ2) is 6.28. The molecule has 1 heterocycles. The maximum Gasteiger partial charge on any atom is 0.0377 e. The smallest absolute Gasteiger partial charge is 0.0377 e. The second-order valence-corrected chi connectivity index (χ2v) is 3.47. The largest absolute Gasteiger partial charge is 0.387 e. The number of hydrogen-bond acceptors (Lipinski definition) is 1. The third-order valence-electron chi connectivity index (χ3n) is 2.65. The van der Waals surface area contributed by atoms with Gasteiger partial charge in [-0.25, -0.2) is 0 Å². The average molecular weight is 203 g/mol. The molecule has 1 N–H and O–H groups in total. The minimum Gasteiger partial charge on any atom is -0.387 e. The first-order chi connectivity index (χ1) is 7.42. The summed E-state index contributed by atoms with van der Waals surface area (Å²) in [7, 11) is 0. The maximum atomic E-state index is 3.18. The van der Waals surface area contributed by atoms with Crippen molar-refractivity contribution in [2.45, 2.75) is 33.1 Å². The molecule has 0 aromatic heterocycles. The Balaban J connectivity index is 0.000000531. The summed E-state index contributed by atoms with van der Waals surface area (Å²) in [6, 6.07) is 10.7. The van der Waals surface area contributed by atoms with E-state index >= 15 is 0 Å². The second-order valence-electron chi connectivity index (χ2n) is 3.47. The quantitative estimate of drug-likeness (QED) is 0.790. The van der Waals surface area contributed by atoms with Crippen molar-refractivity contribution in [2.75, 3.05) is 6.54 Å². The Labute approximate surface area is 93.2 Å². The van der Waals surface area contributed by atoms with Gasteiger partial charge >= 0.3 is 0 Å². The van der Waals surface area contributed by atoms with Gasteiger partial charge in [0.2, 0.25) is 0 Å². The maximum absolute atomic E-state index is 3.18. The zero-order chi connectivity index (χ0) is 11.1. The lowest BCUT2D eigenvalue weighted by atomic mass is 9.87. The zero-order valence-corrected chi connectivity index (χ0v) is 9.96. The van der Waals surface area contributed by atoms with E-state index in [-0.39, 0.29) is 0 Å². The monoisotopic (exact) mass is 203 g/mol. The van der Waals surface area contributed by atoms with Crippen LogP contribution < -0.4 is 5.32 Å². The van der Waals surface area contributed by atoms with E-state index in [1.807, 2.05) is 13.8 Å². The molecule has 1 aliphatic heterocycles. The summed E-state index contributed by atoms with van der Waals surface area (Å²) in [6.07, 6.45) is 3.33. The normalized spacial score (nSPS) is 15.0. The molecule has 1 aromatic rings. The minimum absolute atomic E-state index is 0.627. The molecule has 1 heteroatoms. The first kappa shape index (κ1) is 11.8. The summed E-state index contributed by atoms with van der Waals surface area (Å²) in [5, 5.41) is 3.18. The van der Waals surface area contributed by atoms with Crippen molar-refractivity contribution in [3.63, 3.8) is 0 Å². The van der Waals surface area contributed by atoms with E-state index in [9.17, 15) is 0 Å². The Morgan fingerprint density at radius 2 is 1.80 bits per heavy atom. The van der Waals surface area contributed by atoms with Gasteiger partial charge in [-0.15, -0.1) is 0 Å². The van der Waals surface area contributed by atoms with E-state index in [4.69, 9.17) is 0 Å². The molecule has 0 radical (unpaired) electrons. The molecule has 0 amide bonds. The van der Waals surface area contributed by atoms with Crippen LogP contribution in [0.1, 0.15) is 38.7 Å². The predicted molar refractivity (Wildman–Crippen MR) is 66.9 cm³/mol. The van der Waals surface area contributed by atoms with Gasteiger partial charge in [-0.3, -0.25) is 0 Å². The van der Waals surface area contributed by atoms with E-state index in [0.29, 0.717) is 5.92 Å². The van der Waals surface area contributed by atoms with Crippen LogP contribution in [0.5, 0.6) is 0 Å². The van der Waals surface area contributed by atoms with Crippen LogP contribution in [0.25, 0.3) is 0 Å². The van der Waals surface area contributed by atoms with Crippen molar-refractivity contribution in [3.05, 3.63) is 47.7 Å². The Bertz CT molecular complexity index is 300. The Morgan fingerprint density at radius 3 is 2.20 bits per heavy atom. The average Bonchev–Trinajstić information content (AvgIpc) is 2.27. The SMILES string of the molecule is CC.CCC(C1=CNC1)c1ccccc1. The molecule has 1 unspecified atom stereocenters. The van der Waals surface area contributed by atoms with Crippen LogP contribution in [0.3, 0.4) is 0 Å². The molecule has 0 spiro atoms. The van der Waals surface area contributed by atoms with Gasteiger partial charge in [-0.2, -0.15) is 0 Å². The van der Waals surface area contributed by atoms with Gasteiger partial charge in [0.05, 0.1) is 0 Å². The lowest BCUT2D eigenvalue weighted by molar-refractivity contribution is 0.666.